The highest BCUT2D eigenvalue weighted by Gasteiger charge is 2.24. The van der Waals surface area contributed by atoms with Crippen LogP contribution in [0.5, 0.6) is 0 Å². The van der Waals surface area contributed by atoms with E-state index in [0.29, 0.717) is 6.17 Å². The quantitative estimate of drug-likeness (QED) is 0.0690. The molecular formula is C40H80N2. The molecule has 42 heavy (non-hydrogen) atoms. The highest BCUT2D eigenvalue weighted by Crippen LogP contribution is 2.24. The number of hydrogen-bond acceptors (Lipinski definition) is 2. The van der Waals surface area contributed by atoms with Crippen molar-refractivity contribution in [2.75, 3.05) is 13.1 Å². The lowest BCUT2D eigenvalue weighted by atomic mass is 10.0. The molecule has 1 rings (SSSR count). The van der Waals surface area contributed by atoms with Gasteiger partial charge in [-0.15, -0.1) is 0 Å². The highest BCUT2D eigenvalue weighted by molar-refractivity contribution is 4.97. The van der Waals surface area contributed by atoms with E-state index in [4.69, 9.17) is 0 Å². The second-order valence-corrected chi connectivity index (χ2v) is 13.9. The zero-order valence-corrected chi connectivity index (χ0v) is 29.7. The minimum Gasteiger partial charge on any atom is -0.356 e. The van der Waals surface area contributed by atoms with Crippen LogP contribution in [0, 0.1) is 0 Å². The van der Waals surface area contributed by atoms with Gasteiger partial charge in [-0.1, -0.05) is 201 Å². The van der Waals surface area contributed by atoms with Crippen LogP contribution in [0.1, 0.15) is 226 Å². The fourth-order valence-corrected chi connectivity index (χ4v) is 6.89. The third kappa shape index (κ3) is 23.8. The zero-order chi connectivity index (χ0) is 30.2. The fourth-order valence-electron chi connectivity index (χ4n) is 6.89. The van der Waals surface area contributed by atoms with Crippen LogP contribution in [0.25, 0.3) is 0 Å². The predicted octanol–water partition coefficient (Wildman–Crippen LogP) is 13.9. The molecule has 1 aliphatic heterocycles. The Bertz CT molecular complexity index is 544. The summed E-state index contributed by atoms with van der Waals surface area (Å²) in [5, 5.41) is 0. The molecule has 0 aromatic rings. The van der Waals surface area contributed by atoms with Crippen LogP contribution in [0.15, 0.2) is 12.4 Å². The predicted molar refractivity (Wildman–Crippen MR) is 191 cm³/mol. The van der Waals surface area contributed by atoms with E-state index in [9.17, 15) is 0 Å². The molecule has 0 N–H and O–H groups in total. The molecule has 250 valence electrons. The van der Waals surface area contributed by atoms with E-state index in [1.54, 1.807) is 0 Å². The maximum atomic E-state index is 2.71. The summed E-state index contributed by atoms with van der Waals surface area (Å²) in [6, 6.07) is 0. The third-order valence-electron chi connectivity index (χ3n) is 9.82. The van der Waals surface area contributed by atoms with Crippen LogP contribution in [0.4, 0.5) is 0 Å². The van der Waals surface area contributed by atoms with E-state index < -0.39 is 0 Å². The number of rotatable bonds is 34. The van der Waals surface area contributed by atoms with Gasteiger partial charge in [0.25, 0.3) is 0 Å². The van der Waals surface area contributed by atoms with Gasteiger partial charge in [-0.05, 0) is 25.7 Å². The molecule has 0 saturated heterocycles. The maximum Gasteiger partial charge on any atom is 0.101 e. The Labute approximate surface area is 267 Å². The SMILES string of the molecule is CCCCCCCCCCCCCCCCCCCN1C=CN(CCCCCCCC)C1CCCCCCCCCC. The average molecular weight is 589 g/mol. The van der Waals surface area contributed by atoms with Crippen molar-refractivity contribution in [2.45, 2.75) is 232 Å². The lowest BCUT2D eigenvalue weighted by molar-refractivity contribution is 0.135. The van der Waals surface area contributed by atoms with Gasteiger partial charge in [-0.25, -0.2) is 0 Å². The Morgan fingerprint density at radius 1 is 0.310 bits per heavy atom. The van der Waals surface area contributed by atoms with Gasteiger partial charge in [-0.3, -0.25) is 0 Å². The van der Waals surface area contributed by atoms with Gasteiger partial charge < -0.3 is 9.80 Å². The molecule has 1 unspecified atom stereocenters. The smallest absolute Gasteiger partial charge is 0.101 e. The minimum absolute atomic E-state index is 0.641. The zero-order valence-electron chi connectivity index (χ0n) is 29.7. The van der Waals surface area contributed by atoms with Gasteiger partial charge in [0.1, 0.15) is 6.17 Å². The lowest BCUT2D eigenvalue weighted by Gasteiger charge is -2.33. The van der Waals surface area contributed by atoms with Gasteiger partial charge in [0, 0.05) is 25.5 Å². The van der Waals surface area contributed by atoms with Crippen molar-refractivity contribution >= 4 is 0 Å². The summed E-state index contributed by atoms with van der Waals surface area (Å²) >= 11 is 0. The topological polar surface area (TPSA) is 6.48 Å². The molecule has 0 aliphatic carbocycles. The maximum absolute atomic E-state index is 2.71. The van der Waals surface area contributed by atoms with Crippen LogP contribution in [0.3, 0.4) is 0 Å². The summed E-state index contributed by atoms with van der Waals surface area (Å²) in [5.41, 5.74) is 0. The summed E-state index contributed by atoms with van der Waals surface area (Å²) in [6.07, 6.45) is 51.4. The fraction of sp³-hybridized carbons (Fsp3) is 0.950. The minimum atomic E-state index is 0.641. The molecule has 0 saturated carbocycles. The van der Waals surface area contributed by atoms with Gasteiger partial charge in [0.2, 0.25) is 0 Å². The summed E-state index contributed by atoms with van der Waals surface area (Å²) < 4.78 is 0. The van der Waals surface area contributed by atoms with Crippen molar-refractivity contribution < 1.29 is 0 Å². The third-order valence-corrected chi connectivity index (χ3v) is 9.82. The van der Waals surface area contributed by atoms with E-state index in [1.165, 1.54) is 219 Å². The van der Waals surface area contributed by atoms with Crippen LogP contribution >= 0.6 is 0 Å². The summed E-state index contributed by atoms with van der Waals surface area (Å²) in [4.78, 5) is 5.41. The lowest BCUT2D eigenvalue weighted by Crippen LogP contribution is -2.39. The van der Waals surface area contributed by atoms with Gasteiger partial charge in [-0.2, -0.15) is 0 Å². The van der Waals surface area contributed by atoms with Crippen molar-refractivity contribution in [3.05, 3.63) is 12.4 Å². The summed E-state index contributed by atoms with van der Waals surface area (Å²) in [5.74, 6) is 0. The van der Waals surface area contributed by atoms with Crippen molar-refractivity contribution in [2.24, 2.45) is 0 Å². The van der Waals surface area contributed by atoms with Gasteiger partial charge in [0.05, 0.1) is 0 Å². The molecular weight excluding hydrogens is 508 g/mol. The average Bonchev–Trinajstić information content (AvgIpc) is 3.38. The molecule has 0 aromatic carbocycles. The molecule has 1 aliphatic rings. The molecule has 1 atom stereocenters. The van der Waals surface area contributed by atoms with E-state index >= 15 is 0 Å². The standard InChI is InChI=1S/C40H80N2/c1-4-7-10-13-16-18-19-20-21-22-23-24-25-26-28-31-34-37-42-39-38-41(36-33-30-15-12-9-6-3)40(42)35-32-29-27-17-14-11-8-5-2/h38-40H,4-37H2,1-3H3. The Hall–Kier alpha value is -0.660. The van der Waals surface area contributed by atoms with Crippen molar-refractivity contribution in [3.63, 3.8) is 0 Å². The molecule has 0 bridgehead atoms. The molecule has 1 heterocycles. The van der Waals surface area contributed by atoms with E-state index in [0.717, 1.165) is 0 Å². The Kier molecular flexibility index (Phi) is 29.8. The molecule has 2 nitrogen and oxygen atoms in total. The molecule has 2 heteroatoms. The Morgan fingerprint density at radius 2 is 0.548 bits per heavy atom. The molecule has 0 amide bonds. The highest BCUT2D eigenvalue weighted by atomic mass is 15.4. The first-order valence-corrected chi connectivity index (χ1v) is 20.0. The molecule has 0 fully saturated rings. The van der Waals surface area contributed by atoms with E-state index in [2.05, 4.69) is 43.0 Å². The Balaban J connectivity index is 2.11. The van der Waals surface area contributed by atoms with Gasteiger partial charge >= 0.3 is 0 Å². The largest absolute Gasteiger partial charge is 0.356 e. The number of nitrogens with zero attached hydrogens (tertiary/aromatic N) is 2. The van der Waals surface area contributed by atoms with Crippen LogP contribution in [-0.4, -0.2) is 29.1 Å². The second-order valence-electron chi connectivity index (χ2n) is 13.9. The first-order valence-electron chi connectivity index (χ1n) is 20.0. The number of unbranched alkanes of at least 4 members (excludes halogenated alkanes) is 28. The van der Waals surface area contributed by atoms with Crippen LogP contribution in [-0.2, 0) is 0 Å². The van der Waals surface area contributed by atoms with E-state index in [-0.39, 0.29) is 0 Å². The first-order chi connectivity index (χ1) is 20.8. The van der Waals surface area contributed by atoms with Gasteiger partial charge in [0.15, 0.2) is 0 Å². The van der Waals surface area contributed by atoms with Crippen LogP contribution in [0.2, 0.25) is 0 Å². The van der Waals surface area contributed by atoms with Crippen molar-refractivity contribution in [1.82, 2.24) is 9.80 Å². The molecule has 0 spiro atoms. The summed E-state index contributed by atoms with van der Waals surface area (Å²) in [6.45, 7) is 9.48. The number of hydrogen-bond donors (Lipinski definition) is 0. The molecule has 0 radical (unpaired) electrons. The Morgan fingerprint density at radius 3 is 0.833 bits per heavy atom. The van der Waals surface area contributed by atoms with Crippen molar-refractivity contribution in [3.8, 4) is 0 Å². The van der Waals surface area contributed by atoms with Crippen molar-refractivity contribution in [1.29, 1.82) is 0 Å². The summed E-state index contributed by atoms with van der Waals surface area (Å²) in [7, 11) is 0. The van der Waals surface area contributed by atoms with E-state index in [1.807, 2.05) is 0 Å². The normalized spacial score (nSPS) is 15.0. The molecule has 0 aromatic heterocycles. The second kappa shape index (κ2) is 31.8. The first kappa shape index (κ1) is 39.4. The monoisotopic (exact) mass is 589 g/mol. The van der Waals surface area contributed by atoms with Crippen LogP contribution < -0.4 is 0 Å².